The molecule has 1 aliphatic heterocycles. The molecule has 2 unspecified atom stereocenters. The third-order valence-electron chi connectivity index (χ3n) is 4.80. The van der Waals surface area contributed by atoms with Crippen molar-refractivity contribution >= 4 is 0 Å². The Kier molecular flexibility index (Phi) is 1.94. The van der Waals surface area contributed by atoms with Crippen LogP contribution in [0, 0.1) is 5.41 Å². The van der Waals surface area contributed by atoms with Crippen LogP contribution in [0.15, 0.2) is 0 Å². The van der Waals surface area contributed by atoms with E-state index in [-0.39, 0.29) is 5.60 Å². The van der Waals surface area contributed by atoms with Crippen molar-refractivity contribution in [1.82, 2.24) is 5.32 Å². The molecule has 14 heavy (non-hydrogen) atoms. The highest BCUT2D eigenvalue weighted by Gasteiger charge is 2.61. The molecule has 3 fully saturated rings. The first-order chi connectivity index (χ1) is 6.77. The van der Waals surface area contributed by atoms with Gasteiger partial charge in [-0.25, -0.2) is 0 Å². The minimum Gasteiger partial charge on any atom is -0.369 e. The van der Waals surface area contributed by atoms with Gasteiger partial charge in [0.25, 0.3) is 0 Å². The van der Waals surface area contributed by atoms with Gasteiger partial charge in [0.15, 0.2) is 0 Å². The van der Waals surface area contributed by atoms with Gasteiger partial charge in [0.2, 0.25) is 0 Å². The smallest absolute Gasteiger partial charge is 0.0866 e. The Morgan fingerprint density at radius 1 is 1.14 bits per heavy atom. The lowest BCUT2D eigenvalue weighted by Gasteiger charge is -2.60. The van der Waals surface area contributed by atoms with Gasteiger partial charge in [-0.05, 0) is 32.6 Å². The first-order valence-electron chi connectivity index (χ1n) is 6.15. The molecule has 0 aromatic carbocycles. The van der Waals surface area contributed by atoms with Crippen LogP contribution in [-0.2, 0) is 4.74 Å². The summed E-state index contributed by atoms with van der Waals surface area (Å²) in [7, 11) is 0. The standard InChI is InChI=1S/C12H21NO/c1-10-8-13-9-12(14-10)7-6-11(12)4-2-3-5-11/h10,13H,2-9H2,1H3. The van der Waals surface area contributed by atoms with Gasteiger partial charge in [-0.2, -0.15) is 0 Å². The molecule has 2 atom stereocenters. The Labute approximate surface area is 86.4 Å². The quantitative estimate of drug-likeness (QED) is 0.639. The van der Waals surface area contributed by atoms with Crippen molar-refractivity contribution in [3.8, 4) is 0 Å². The van der Waals surface area contributed by atoms with E-state index in [2.05, 4.69) is 12.2 Å². The Bertz CT molecular complexity index is 234. The SMILES string of the molecule is CC1CNCC2(CCC23CCCC3)O1. The Hall–Kier alpha value is -0.0800. The summed E-state index contributed by atoms with van der Waals surface area (Å²) in [6, 6.07) is 0. The summed E-state index contributed by atoms with van der Waals surface area (Å²) < 4.78 is 6.28. The predicted molar refractivity (Wildman–Crippen MR) is 56.3 cm³/mol. The molecule has 0 amide bonds. The molecule has 3 rings (SSSR count). The highest BCUT2D eigenvalue weighted by Crippen LogP contribution is 2.61. The molecule has 2 aliphatic carbocycles. The summed E-state index contributed by atoms with van der Waals surface area (Å²) in [5.74, 6) is 0. The van der Waals surface area contributed by atoms with E-state index in [1.54, 1.807) is 0 Å². The highest BCUT2D eigenvalue weighted by atomic mass is 16.5. The molecule has 2 saturated carbocycles. The molecule has 1 N–H and O–H groups in total. The van der Waals surface area contributed by atoms with E-state index in [1.807, 2.05) is 0 Å². The van der Waals surface area contributed by atoms with Crippen molar-refractivity contribution in [2.24, 2.45) is 5.41 Å². The van der Waals surface area contributed by atoms with Crippen LogP contribution in [0.3, 0.4) is 0 Å². The van der Waals surface area contributed by atoms with E-state index in [1.165, 1.54) is 38.5 Å². The van der Waals surface area contributed by atoms with Gasteiger partial charge < -0.3 is 10.1 Å². The van der Waals surface area contributed by atoms with E-state index < -0.39 is 0 Å². The monoisotopic (exact) mass is 195 g/mol. The van der Waals surface area contributed by atoms with Crippen molar-refractivity contribution < 1.29 is 4.74 Å². The third-order valence-corrected chi connectivity index (χ3v) is 4.80. The second-order valence-corrected chi connectivity index (χ2v) is 5.54. The summed E-state index contributed by atoms with van der Waals surface area (Å²) in [4.78, 5) is 0. The number of rotatable bonds is 0. The van der Waals surface area contributed by atoms with Gasteiger partial charge in [0.1, 0.15) is 0 Å². The molecule has 0 radical (unpaired) electrons. The van der Waals surface area contributed by atoms with Crippen molar-refractivity contribution in [1.29, 1.82) is 0 Å². The minimum absolute atomic E-state index is 0.237. The average molecular weight is 195 g/mol. The van der Waals surface area contributed by atoms with Crippen LogP contribution in [0.5, 0.6) is 0 Å². The Morgan fingerprint density at radius 2 is 1.93 bits per heavy atom. The van der Waals surface area contributed by atoms with Crippen LogP contribution in [0.25, 0.3) is 0 Å². The number of hydrogen-bond acceptors (Lipinski definition) is 2. The number of hydrogen-bond donors (Lipinski definition) is 1. The zero-order chi connectivity index (χ0) is 9.65. The van der Waals surface area contributed by atoms with Crippen LogP contribution in [0.2, 0.25) is 0 Å². The van der Waals surface area contributed by atoms with Crippen LogP contribution in [-0.4, -0.2) is 24.8 Å². The molecule has 2 spiro atoms. The topological polar surface area (TPSA) is 21.3 Å². The second kappa shape index (κ2) is 2.96. The predicted octanol–water partition coefficient (Wildman–Crippen LogP) is 2.09. The Morgan fingerprint density at radius 3 is 2.50 bits per heavy atom. The molecule has 2 heteroatoms. The van der Waals surface area contributed by atoms with Crippen molar-refractivity contribution in [2.45, 2.75) is 57.2 Å². The summed E-state index contributed by atoms with van der Waals surface area (Å²) in [6.07, 6.45) is 8.83. The lowest BCUT2D eigenvalue weighted by atomic mass is 9.55. The maximum absolute atomic E-state index is 6.28. The lowest BCUT2D eigenvalue weighted by molar-refractivity contribution is -0.235. The van der Waals surface area contributed by atoms with Gasteiger partial charge in [-0.15, -0.1) is 0 Å². The first kappa shape index (κ1) is 9.17. The number of morpholine rings is 1. The van der Waals surface area contributed by atoms with Crippen LogP contribution >= 0.6 is 0 Å². The molecule has 1 heterocycles. The molecule has 80 valence electrons. The fraction of sp³-hybridized carbons (Fsp3) is 1.00. The zero-order valence-electron chi connectivity index (χ0n) is 9.14. The van der Waals surface area contributed by atoms with E-state index in [4.69, 9.17) is 4.74 Å². The van der Waals surface area contributed by atoms with E-state index >= 15 is 0 Å². The lowest BCUT2D eigenvalue weighted by Crippen LogP contribution is -2.67. The van der Waals surface area contributed by atoms with Gasteiger partial charge in [0.05, 0.1) is 11.7 Å². The van der Waals surface area contributed by atoms with E-state index in [9.17, 15) is 0 Å². The molecule has 2 nitrogen and oxygen atoms in total. The summed E-state index contributed by atoms with van der Waals surface area (Å²) >= 11 is 0. The zero-order valence-corrected chi connectivity index (χ0v) is 9.14. The average Bonchev–Trinajstić information content (AvgIpc) is 2.67. The fourth-order valence-corrected chi connectivity index (χ4v) is 3.92. The maximum atomic E-state index is 6.28. The van der Waals surface area contributed by atoms with Crippen molar-refractivity contribution in [3.05, 3.63) is 0 Å². The molecular weight excluding hydrogens is 174 g/mol. The van der Waals surface area contributed by atoms with Crippen LogP contribution in [0.4, 0.5) is 0 Å². The largest absolute Gasteiger partial charge is 0.369 e. The number of fused-ring (bicyclic) bond motifs is 1. The molecular formula is C12H21NO. The summed E-state index contributed by atoms with van der Waals surface area (Å²) in [5.41, 5.74) is 0.815. The molecule has 0 bridgehead atoms. The number of ether oxygens (including phenoxy) is 1. The maximum Gasteiger partial charge on any atom is 0.0866 e. The summed E-state index contributed by atoms with van der Waals surface area (Å²) in [5, 5.41) is 3.55. The van der Waals surface area contributed by atoms with Crippen molar-refractivity contribution in [3.63, 3.8) is 0 Å². The number of nitrogens with one attached hydrogen (secondary N) is 1. The van der Waals surface area contributed by atoms with Gasteiger partial charge >= 0.3 is 0 Å². The van der Waals surface area contributed by atoms with E-state index in [0.29, 0.717) is 11.5 Å². The van der Waals surface area contributed by atoms with Crippen molar-refractivity contribution in [2.75, 3.05) is 13.1 Å². The van der Waals surface area contributed by atoms with Crippen LogP contribution in [0.1, 0.15) is 45.4 Å². The highest BCUT2D eigenvalue weighted by molar-refractivity contribution is 5.13. The molecule has 0 aromatic heterocycles. The molecule has 1 saturated heterocycles. The minimum atomic E-state index is 0.237. The second-order valence-electron chi connectivity index (χ2n) is 5.54. The van der Waals surface area contributed by atoms with E-state index in [0.717, 1.165) is 13.1 Å². The summed E-state index contributed by atoms with van der Waals surface area (Å²) in [6.45, 7) is 4.35. The first-order valence-corrected chi connectivity index (χ1v) is 6.15. The van der Waals surface area contributed by atoms with Gasteiger partial charge in [0, 0.05) is 18.5 Å². The van der Waals surface area contributed by atoms with Gasteiger partial charge in [-0.3, -0.25) is 0 Å². The molecule has 3 aliphatic rings. The molecule has 0 aromatic rings. The Balaban J connectivity index is 1.82. The normalized spacial score (nSPS) is 45.6. The van der Waals surface area contributed by atoms with Crippen LogP contribution < -0.4 is 5.32 Å². The van der Waals surface area contributed by atoms with Gasteiger partial charge in [-0.1, -0.05) is 12.8 Å². The fourth-order valence-electron chi connectivity index (χ4n) is 3.92. The third kappa shape index (κ3) is 1.04.